The molecule has 1 heterocycles. The number of imide groups is 1. The van der Waals surface area contributed by atoms with Crippen LogP contribution in [0.4, 0.5) is 0 Å². The van der Waals surface area contributed by atoms with Crippen molar-refractivity contribution in [2.24, 2.45) is 0 Å². The highest BCUT2D eigenvalue weighted by Gasteiger charge is 2.35. The lowest BCUT2D eigenvalue weighted by Crippen LogP contribution is -2.37. The van der Waals surface area contributed by atoms with Gasteiger partial charge in [-0.25, -0.2) is 0 Å². The lowest BCUT2D eigenvalue weighted by atomic mass is 9.95. The molecule has 0 saturated heterocycles. The van der Waals surface area contributed by atoms with Gasteiger partial charge in [0.2, 0.25) is 0 Å². The van der Waals surface area contributed by atoms with Crippen LogP contribution in [-0.2, 0) is 6.54 Å². The molecule has 0 spiro atoms. The Kier molecular flexibility index (Phi) is 5.98. The van der Waals surface area contributed by atoms with Gasteiger partial charge in [0.1, 0.15) is 0 Å². The molecule has 0 bridgehead atoms. The summed E-state index contributed by atoms with van der Waals surface area (Å²) in [7, 11) is 1.90. The topological polar surface area (TPSA) is 57.7 Å². The van der Waals surface area contributed by atoms with Crippen LogP contribution in [0.1, 0.15) is 81.6 Å². The second-order valence-electron chi connectivity index (χ2n) is 8.35. The predicted molar refractivity (Wildman–Crippen MR) is 115 cm³/mol. The number of benzene rings is 2. The number of amides is 3. The number of hydrogen-bond donors (Lipinski definition) is 0. The zero-order chi connectivity index (χ0) is 21.1. The van der Waals surface area contributed by atoms with Gasteiger partial charge in [-0.2, -0.15) is 0 Å². The molecular weight excluding hydrogens is 376 g/mol. The highest BCUT2D eigenvalue weighted by Crippen LogP contribution is 2.25. The molecule has 2 aromatic carbocycles. The van der Waals surface area contributed by atoms with E-state index >= 15 is 0 Å². The Hall–Kier alpha value is -2.95. The van der Waals surface area contributed by atoms with Gasteiger partial charge in [0.15, 0.2) is 0 Å². The first kappa shape index (κ1) is 20.3. The van der Waals surface area contributed by atoms with Crippen LogP contribution in [0.15, 0.2) is 48.5 Å². The standard InChI is InChI=1S/C25H28N2O3/c1-26(20-9-5-3-2-4-6-10-20)23(28)19-15-13-18(14-16-19)17-27-24(29)21-11-7-8-12-22(21)25(27)30/h7-8,11-16,20H,2-6,9-10,17H2,1H3. The van der Waals surface area contributed by atoms with Crippen molar-refractivity contribution >= 4 is 17.7 Å². The minimum atomic E-state index is -0.264. The monoisotopic (exact) mass is 404 g/mol. The van der Waals surface area contributed by atoms with Gasteiger partial charge < -0.3 is 4.90 Å². The third-order valence-corrected chi connectivity index (χ3v) is 6.36. The van der Waals surface area contributed by atoms with Gasteiger partial charge in [-0.05, 0) is 42.7 Å². The molecule has 0 aromatic heterocycles. The quantitative estimate of drug-likeness (QED) is 0.696. The molecule has 0 N–H and O–H groups in total. The summed E-state index contributed by atoms with van der Waals surface area (Å²) in [5, 5.41) is 0. The van der Waals surface area contributed by atoms with Crippen LogP contribution in [0.3, 0.4) is 0 Å². The number of carbonyl (C=O) groups is 3. The third kappa shape index (κ3) is 4.02. The SMILES string of the molecule is CN(C(=O)c1ccc(CN2C(=O)c3ccccc3C2=O)cc1)C1CCCCCCC1. The zero-order valence-corrected chi connectivity index (χ0v) is 17.5. The van der Waals surface area contributed by atoms with Crippen molar-refractivity contribution in [2.75, 3.05) is 7.05 Å². The zero-order valence-electron chi connectivity index (χ0n) is 17.5. The van der Waals surface area contributed by atoms with Crippen LogP contribution in [0.25, 0.3) is 0 Å². The van der Waals surface area contributed by atoms with Crippen LogP contribution in [-0.4, -0.2) is 40.6 Å². The second kappa shape index (κ2) is 8.82. The summed E-state index contributed by atoms with van der Waals surface area (Å²) in [5.41, 5.74) is 2.38. The summed E-state index contributed by atoms with van der Waals surface area (Å²) in [6, 6.07) is 14.5. The summed E-state index contributed by atoms with van der Waals surface area (Å²) in [4.78, 5) is 41.2. The smallest absolute Gasteiger partial charge is 0.261 e. The van der Waals surface area contributed by atoms with Gasteiger partial charge in [-0.1, -0.05) is 56.4 Å². The molecule has 0 radical (unpaired) electrons. The van der Waals surface area contributed by atoms with E-state index in [1.54, 1.807) is 36.4 Å². The first-order valence-electron chi connectivity index (χ1n) is 10.9. The van der Waals surface area contributed by atoms with E-state index in [0.29, 0.717) is 22.7 Å². The van der Waals surface area contributed by atoms with E-state index in [1.807, 2.05) is 24.1 Å². The van der Waals surface area contributed by atoms with Crippen LogP contribution in [0.5, 0.6) is 0 Å². The Morgan fingerprint density at radius 2 is 1.40 bits per heavy atom. The number of fused-ring (bicyclic) bond motifs is 1. The molecule has 1 aliphatic carbocycles. The number of nitrogens with zero attached hydrogens (tertiary/aromatic N) is 2. The lowest BCUT2D eigenvalue weighted by Gasteiger charge is -2.30. The van der Waals surface area contributed by atoms with Gasteiger partial charge in [0, 0.05) is 18.7 Å². The number of carbonyl (C=O) groups excluding carboxylic acids is 3. The van der Waals surface area contributed by atoms with E-state index in [2.05, 4.69) is 0 Å². The fourth-order valence-electron chi connectivity index (χ4n) is 4.51. The second-order valence-corrected chi connectivity index (χ2v) is 8.35. The molecule has 1 fully saturated rings. The first-order valence-corrected chi connectivity index (χ1v) is 10.9. The number of hydrogen-bond acceptors (Lipinski definition) is 3. The van der Waals surface area contributed by atoms with E-state index in [0.717, 1.165) is 18.4 Å². The van der Waals surface area contributed by atoms with Crippen molar-refractivity contribution in [3.8, 4) is 0 Å². The summed E-state index contributed by atoms with van der Waals surface area (Å²) in [5.74, 6) is -0.493. The molecular formula is C25H28N2O3. The van der Waals surface area contributed by atoms with Crippen molar-refractivity contribution in [2.45, 2.75) is 57.5 Å². The van der Waals surface area contributed by atoms with E-state index in [4.69, 9.17) is 0 Å². The van der Waals surface area contributed by atoms with Gasteiger partial charge in [-0.15, -0.1) is 0 Å². The van der Waals surface area contributed by atoms with E-state index < -0.39 is 0 Å². The molecule has 0 unspecified atom stereocenters. The minimum absolute atomic E-state index is 0.0350. The van der Waals surface area contributed by atoms with E-state index in [-0.39, 0.29) is 24.3 Å². The molecule has 5 nitrogen and oxygen atoms in total. The predicted octanol–water partition coefficient (Wildman–Crippen LogP) is 4.67. The normalized spacial score (nSPS) is 17.4. The summed E-state index contributed by atoms with van der Waals surface area (Å²) < 4.78 is 0. The first-order chi connectivity index (χ1) is 14.6. The van der Waals surface area contributed by atoms with Gasteiger partial charge in [-0.3, -0.25) is 19.3 Å². The largest absolute Gasteiger partial charge is 0.339 e. The summed E-state index contributed by atoms with van der Waals surface area (Å²) >= 11 is 0. The fraction of sp³-hybridized carbons (Fsp3) is 0.400. The van der Waals surface area contributed by atoms with Gasteiger partial charge >= 0.3 is 0 Å². The lowest BCUT2D eigenvalue weighted by molar-refractivity contribution is 0.0639. The van der Waals surface area contributed by atoms with E-state index in [9.17, 15) is 14.4 Å². The minimum Gasteiger partial charge on any atom is -0.339 e. The third-order valence-electron chi connectivity index (χ3n) is 6.36. The van der Waals surface area contributed by atoms with Crippen molar-refractivity contribution < 1.29 is 14.4 Å². The molecule has 4 rings (SSSR count). The Morgan fingerprint density at radius 1 is 0.867 bits per heavy atom. The molecule has 1 aliphatic heterocycles. The Balaban J connectivity index is 1.42. The molecule has 1 saturated carbocycles. The Morgan fingerprint density at radius 3 is 1.97 bits per heavy atom. The maximum absolute atomic E-state index is 13.0. The molecule has 30 heavy (non-hydrogen) atoms. The molecule has 156 valence electrons. The van der Waals surface area contributed by atoms with Crippen molar-refractivity contribution in [3.05, 3.63) is 70.8 Å². The van der Waals surface area contributed by atoms with Crippen LogP contribution in [0.2, 0.25) is 0 Å². The van der Waals surface area contributed by atoms with E-state index in [1.165, 1.54) is 37.0 Å². The Bertz CT molecular complexity index is 908. The molecule has 5 heteroatoms. The van der Waals surface area contributed by atoms with Crippen molar-refractivity contribution in [1.82, 2.24) is 9.80 Å². The van der Waals surface area contributed by atoms with Gasteiger partial charge in [0.25, 0.3) is 17.7 Å². The fourth-order valence-corrected chi connectivity index (χ4v) is 4.51. The van der Waals surface area contributed by atoms with Crippen molar-refractivity contribution in [1.29, 1.82) is 0 Å². The van der Waals surface area contributed by atoms with Crippen LogP contribution in [0, 0.1) is 0 Å². The molecule has 0 atom stereocenters. The molecule has 2 aromatic rings. The van der Waals surface area contributed by atoms with Crippen LogP contribution < -0.4 is 0 Å². The highest BCUT2D eigenvalue weighted by atomic mass is 16.2. The molecule has 2 aliphatic rings. The average Bonchev–Trinajstić information content (AvgIpc) is 2.98. The summed E-state index contributed by atoms with van der Waals surface area (Å²) in [6.45, 7) is 0.208. The average molecular weight is 405 g/mol. The maximum Gasteiger partial charge on any atom is 0.261 e. The number of rotatable bonds is 4. The highest BCUT2D eigenvalue weighted by molar-refractivity contribution is 6.21. The Labute approximate surface area is 177 Å². The maximum atomic E-state index is 13.0. The summed E-state index contributed by atoms with van der Waals surface area (Å²) in [6.07, 6.45) is 8.32. The van der Waals surface area contributed by atoms with Gasteiger partial charge in [0.05, 0.1) is 17.7 Å². The van der Waals surface area contributed by atoms with Crippen LogP contribution >= 0.6 is 0 Å². The molecule has 3 amide bonds. The van der Waals surface area contributed by atoms with Crippen molar-refractivity contribution in [3.63, 3.8) is 0 Å².